The van der Waals surface area contributed by atoms with Crippen LogP contribution in [0.2, 0.25) is 0 Å². The smallest absolute Gasteiger partial charge is 0.276 e. The van der Waals surface area contributed by atoms with Crippen molar-refractivity contribution in [2.24, 2.45) is 17.6 Å². The molecule has 1 aliphatic carbocycles. The van der Waals surface area contributed by atoms with E-state index in [1.165, 1.54) is 12.1 Å². The molecule has 0 bridgehead atoms. The minimum atomic E-state index is -0.965. The van der Waals surface area contributed by atoms with E-state index >= 15 is 0 Å². The number of carbonyl (C=O) groups is 1. The number of halogens is 2. The molecule has 3 atom stereocenters. The second kappa shape index (κ2) is 8.48. The molecule has 1 saturated carbocycles. The van der Waals surface area contributed by atoms with Gasteiger partial charge in [-0.25, -0.2) is 8.78 Å². The Labute approximate surface area is 210 Å². The van der Waals surface area contributed by atoms with Crippen molar-refractivity contribution < 1.29 is 13.6 Å². The average Bonchev–Trinajstić information content (AvgIpc) is 3.23. The number of aromatic nitrogens is 4. The van der Waals surface area contributed by atoms with Gasteiger partial charge in [0.2, 0.25) is 0 Å². The highest BCUT2D eigenvalue weighted by Crippen LogP contribution is 2.48. The number of hydrogen-bond donors (Lipinski definition) is 2. The maximum atomic E-state index is 14.3. The molecule has 4 aromatic rings. The average molecular weight is 506 g/mol. The van der Waals surface area contributed by atoms with Crippen LogP contribution in [0.15, 0.2) is 53.5 Å². The molecule has 0 spiro atoms. The summed E-state index contributed by atoms with van der Waals surface area (Å²) < 4.78 is 31.1. The molecule has 2 aromatic carbocycles. The standard InChI is InChI=1S/C26H25F2N7O2/c1-13(2)34-21-8-6-19(24(14(21)10-30-34)33-11-15-16(12-33)23(15)29)31-26(37)20-7-9-22(36)35(32-20)25-17(27)4-3-5-18(25)28/h3-10,13,15-16,23H,11-12,29H2,1-2H3,(H,31,37)/t15-,16+,23+. The molecule has 9 nitrogen and oxygen atoms in total. The molecule has 1 amide bonds. The first-order chi connectivity index (χ1) is 17.7. The fourth-order valence-electron chi connectivity index (χ4n) is 5.28. The van der Waals surface area contributed by atoms with E-state index in [1.54, 1.807) is 6.20 Å². The number of nitrogens with one attached hydrogen (secondary N) is 1. The summed E-state index contributed by atoms with van der Waals surface area (Å²) in [5.41, 5.74) is 6.91. The molecule has 2 fully saturated rings. The molecule has 190 valence electrons. The Hall–Kier alpha value is -4.12. The van der Waals surface area contributed by atoms with Crippen molar-refractivity contribution in [3.63, 3.8) is 0 Å². The first-order valence-corrected chi connectivity index (χ1v) is 12.1. The molecule has 1 saturated heterocycles. The lowest BCUT2D eigenvalue weighted by molar-refractivity contribution is 0.102. The molecular weight excluding hydrogens is 480 g/mol. The van der Waals surface area contributed by atoms with Crippen LogP contribution in [0.25, 0.3) is 16.6 Å². The Morgan fingerprint density at radius 2 is 1.76 bits per heavy atom. The van der Waals surface area contributed by atoms with Crippen LogP contribution in [0.1, 0.15) is 30.4 Å². The summed E-state index contributed by atoms with van der Waals surface area (Å²) >= 11 is 0. The molecule has 6 rings (SSSR count). The first-order valence-electron chi connectivity index (χ1n) is 12.1. The second-order valence-corrected chi connectivity index (χ2v) is 9.88. The number of nitrogens with zero attached hydrogens (tertiary/aromatic N) is 5. The van der Waals surface area contributed by atoms with Crippen LogP contribution in [-0.4, -0.2) is 44.6 Å². The van der Waals surface area contributed by atoms with Crippen LogP contribution in [-0.2, 0) is 0 Å². The van der Waals surface area contributed by atoms with Gasteiger partial charge in [0.25, 0.3) is 11.5 Å². The molecule has 3 N–H and O–H groups in total. The summed E-state index contributed by atoms with van der Waals surface area (Å²) in [7, 11) is 0. The van der Waals surface area contributed by atoms with Gasteiger partial charge in [-0.1, -0.05) is 6.07 Å². The quantitative estimate of drug-likeness (QED) is 0.431. The van der Waals surface area contributed by atoms with Gasteiger partial charge in [0.15, 0.2) is 11.6 Å². The lowest BCUT2D eigenvalue weighted by Gasteiger charge is -2.25. The van der Waals surface area contributed by atoms with Crippen LogP contribution in [0.3, 0.4) is 0 Å². The van der Waals surface area contributed by atoms with Crippen LogP contribution < -0.4 is 21.5 Å². The molecule has 3 heterocycles. The Kier molecular flexibility index (Phi) is 5.34. The largest absolute Gasteiger partial charge is 0.369 e. The lowest BCUT2D eigenvalue weighted by atomic mass is 10.1. The van der Waals surface area contributed by atoms with E-state index in [-0.39, 0.29) is 17.8 Å². The van der Waals surface area contributed by atoms with Crippen LogP contribution in [0.4, 0.5) is 20.2 Å². The van der Waals surface area contributed by atoms with E-state index in [9.17, 15) is 18.4 Å². The van der Waals surface area contributed by atoms with Gasteiger partial charge in [0, 0.05) is 36.6 Å². The zero-order valence-electron chi connectivity index (χ0n) is 20.2. The van der Waals surface area contributed by atoms with Crippen LogP contribution >= 0.6 is 0 Å². The van der Waals surface area contributed by atoms with Gasteiger partial charge < -0.3 is 16.0 Å². The van der Waals surface area contributed by atoms with Crippen molar-refractivity contribution in [2.75, 3.05) is 23.3 Å². The molecule has 37 heavy (non-hydrogen) atoms. The number of para-hydroxylation sites is 1. The molecule has 0 unspecified atom stereocenters. The summed E-state index contributed by atoms with van der Waals surface area (Å²) in [6.45, 7) is 5.64. The summed E-state index contributed by atoms with van der Waals surface area (Å²) in [5, 5.41) is 12.3. The number of nitrogens with two attached hydrogens (primary N) is 1. The predicted octanol–water partition coefficient (Wildman–Crippen LogP) is 3.09. The third-order valence-electron chi connectivity index (χ3n) is 7.25. The predicted molar refractivity (Wildman–Crippen MR) is 135 cm³/mol. The highest BCUT2D eigenvalue weighted by molar-refractivity contribution is 6.09. The van der Waals surface area contributed by atoms with Crippen molar-refractivity contribution in [3.05, 3.63) is 76.3 Å². The molecule has 0 radical (unpaired) electrons. The zero-order chi connectivity index (χ0) is 26.0. The minimum Gasteiger partial charge on any atom is -0.369 e. The van der Waals surface area contributed by atoms with Crippen molar-refractivity contribution in [1.82, 2.24) is 19.6 Å². The summed E-state index contributed by atoms with van der Waals surface area (Å²) in [5.74, 6) is -1.72. The van der Waals surface area contributed by atoms with Gasteiger partial charge in [-0.3, -0.25) is 14.3 Å². The van der Waals surface area contributed by atoms with Gasteiger partial charge in [-0.05, 0) is 56.0 Å². The Bertz CT molecular complexity index is 1580. The third kappa shape index (κ3) is 3.77. The number of fused-ring (bicyclic) bond motifs is 2. The SMILES string of the molecule is CC(C)n1ncc2c(N3C[C@@H]4[C@@H](N)[C@@H]4C3)c(NC(=O)c3ccc(=O)n(-c4c(F)cccc4F)n3)ccc21. The minimum absolute atomic E-state index is 0.148. The molecule has 2 aromatic heterocycles. The number of benzene rings is 2. The van der Waals surface area contributed by atoms with E-state index in [1.807, 2.05) is 30.7 Å². The van der Waals surface area contributed by atoms with Crippen molar-refractivity contribution in [3.8, 4) is 5.69 Å². The van der Waals surface area contributed by atoms with Crippen molar-refractivity contribution in [1.29, 1.82) is 0 Å². The first kappa shape index (κ1) is 23.3. The molecular formula is C26H25F2N7O2. The number of carbonyl (C=O) groups excluding carboxylic acids is 1. The summed E-state index contributed by atoms with van der Waals surface area (Å²) in [6.07, 6.45) is 1.80. The zero-order valence-corrected chi connectivity index (χ0v) is 20.2. The van der Waals surface area contributed by atoms with E-state index in [0.29, 0.717) is 22.2 Å². The Morgan fingerprint density at radius 3 is 2.43 bits per heavy atom. The summed E-state index contributed by atoms with van der Waals surface area (Å²) in [6, 6.07) is 9.57. The van der Waals surface area contributed by atoms with E-state index in [0.717, 1.165) is 47.9 Å². The second-order valence-electron chi connectivity index (χ2n) is 9.88. The number of piperidine rings is 1. The third-order valence-corrected chi connectivity index (χ3v) is 7.25. The lowest BCUT2D eigenvalue weighted by Crippen LogP contribution is -2.30. The number of rotatable bonds is 5. The normalized spacial score (nSPS) is 20.5. The fraction of sp³-hybridized carbons (Fsp3) is 0.308. The van der Waals surface area contributed by atoms with E-state index in [4.69, 9.17) is 5.73 Å². The molecule has 11 heteroatoms. The van der Waals surface area contributed by atoms with Gasteiger partial charge >= 0.3 is 0 Å². The van der Waals surface area contributed by atoms with Crippen molar-refractivity contribution in [2.45, 2.75) is 25.9 Å². The van der Waals surface area contributed by atoms with Gasteiger partial charge in [0.1, 0.15) is 11.4 Å². The number of hydrogen-bond acceptors (Lipinski definition) is 6. The maximum absolute atomic E-state index is 14.3. The van der Waals surface area contributed by atoms with Crippen molar-refractivity contribution >= 4 is 28.2 Å². The highest BCUT2D eigenvalue weighted by Gasteiger charge is 2.54. The Balaban J connectivity index is 1.39. The molecule has 1 aliphatic heterocycles. The van der Waals surface area contributed by atoms with Crippen LogP contribution in [0, 0.1) is 23.5 Å². The van der Waals surface area contributed by atoms with Gasteiger partial charge in [-0.2, -0.15) is 14.9 Å². The van der Waals surface area contributed by atoms with E-state index in [2.05, 4.69) is 20.4 Å². The number of anilines is 2. The highest BCUT2D eigenvalue weighted by atomic mass is 19.1. The fourth-order valence-corrected chi connectivity index (χ4v) is 5.28. The maximum Gasteiger partial charge on any atom is 0.276 e. The summed E-state index contributed by atoms with van der Waals surface area (Å²) in [4.78, 5) is 27.9. The van der Waals surface area contributed by atoms with Gasteiger partial charge in [-0.15, -0.1) is 0 Å². The topological polar surface area (TPSA) is 111 Å². The van der Waals surface area contributed by atoms with Gasteiger partial charge in [0.05, 0.1) is 23.1 Å². The van der Waals surface area contributed by atoms with Crippen LogP contribution in [0.5, 0.6) is 0 Å². The van der Waals surface area contributed by atoms with E-state index < -0.39 is 28.8 Å². The molecule has 2 aliphatic rings. The Morgan fingerprint density at radius 1 is 1.05 bits per heavy atom. The number of amides is 1. The monoisotopic (exact) mass is 505 g/mol.